The van der Waals surface area contributed by atoms with E-state index in [9.17, 15) is 4.79 Å². The summed E-state index contributed by atoms with van der Waals surface area (Å²) in [7, 11) is 0. The zero-order valence-electron chi connectivity index (χ0n) is 11.6. The molecule has 1 amide bonds. The standard InChI is InChI=1S/C15H24N2O/c1-4-5-10-16-11-15(18)17-14-8-6-13(7-9-14)12(2)3/h6-9,12,16H,4-5,10-11H2,1-3H3,(H,17,18). The molecule has 0 atom stereocenters. The summed E-state index contributed by atoms with van der Waals surface area (Å²) >= 11 is 0. The molecule has 0 unspecified atom stereocenters. The Bertz CT molecular complexity index is 357. The molecule has 0 saturated carbocycles. The third-order valence-electron chi connectivity index (χ3n) is 2.85. The van der Waals surface area contributed by atoms with Gasteiger partial charge >= 0.3 is 0 Å². The molecule has 1 aromatic carbocycles. The summed E-state index contributed by atoms with van der Waals surface area (Å²) in [5.41, 5.74) is 2.15. The van der Waals surface area contributed by atoms with Crippen molar-refractivity contribution >= 4 is 11.6 Å². The number of hydrogen-bond donors (Lipinski definition) is 2. The molecule has 0 fully saturated rings. The van der Waals surface area contributed by atoms with Crippen molar-refractivity contribution in [3.63, 3.8) is 0 Å². The Morgan fingerprint density at radius 2 is 1.89 bits per heavy atom. The molecule has 3 heteroatoms. The van der Waals surface area contributed by atoms with Crippen LogP contribution in [0.5, 0.6) is 0 Å². The van der Waals surface area contributed by atoms with Crippen LogP contribution in [0.15, 0.2) is 24.3 Å². The van der Waals surface area contributed by atoms with E-state index in [0.717, 1.165) is 25.1 Å². The molecule has 3 nitrogen and oxygen atoms in total. The van der Waals surface area contributed by atoms with Gasteiger partial charge in [-0.05, 0) is 36.6 Å². The average molecular weight is 248 g/mol. The van der Waals surface area contributed by atoms with E-state index in [4.69, 9.17) is 0 Å². The molecule has 0 aromatic heterocycles. The van der Waals surface area contributed by atoms with Gasteiger partial charge in [0.2, 0.25) is 5.91 Å². The van der Waals surface area contributed by atoms with E-state index < -0.39 is 0 Å². The minimum atomic E-state index is 0.0170. The second-order valence-electron chi connectivity index (χ2n) is 4.86. The Balaban J connectivity index is 2.35. The van der Waals surface area contributed by atoms with Gasteiger partial charge in [-0.15, -0.1) is 0 Å². The Kier molecular flexibility index (Phi) is 6.44. The summed E-state index contributed by atoms with van der Waals surface area (Å²) in [6, 6.07) is 8.04. The Hall–Kier alpha value is -1.35. The maximum Gasteiger partial charge on any atom is 0.238 e. The quantitative estimate of drug-likeness (QED) is 0.728. The molecule has 0 heterocycles. The Labute approximate surface area is 110 Å². The minimum Gasteiger partial charge on any atom is -0.325 e. The zero-order valence-corrected chi connectivity index (χ0v) is 11.6. The molecule has 0 bridgehead atoms. The second-order valence-corrected chi connectivity index (χ2v) is 4.86. The lowest BCUT2D eigenvalue weighted by molar-refractivity contribution is -0.115. The fraction of sp³-hybridized carbons (Fsp3) is 0.533. The van der Waals surface area contributed by atoms with Crippen LogP contribution in [-0.2, 0) is 4.79 Å². The lowest BCUT2D eigenvalue weighted by Gasteiger charge is -2.09. The molecule has 0 spiro atoms. The first-order valence-corrected chi connectivity index (χ1v) is 6.74. The highest BCUT2D eigenvalue weighted by molar-refractivity contribution is 5.92. The van der Waals surface area contributed by atoms with Gasteiger partial charge in [-0.25, -0.2) is 0 Å². The topological polar surface area (TPSA) is 41.1 Å². The van der Waals surface area contributed by atoms with Crippen LogP contribution in [-0.4, -0.2) is 19.0 Å². The summed E-state index contributed by atoms with van der Waals surface area (Å²) in [6.45, 7) is 7.73. The fourth-order valence-electron chi connectivity index (χ4n) is 1.66. The van der Waals surface area contributed by atoms with Gasteiger partial charge in [-0.2, -0.15) is 0 Å². The molecule has 1 rings (SSSR count). The number of amides is 1. The summed E-state index contributed by atoms with van der Waals surface area (Å²) in [6.07, 6.45) is 2.25. The van der Waals surface area contributed by atoms with Gasteiger partial charge in [-0.1, -0.05) is 39.3 Å². The molecule has 100 valence electrons. The van der Waals surface area contributed by atoms with Crippen molar-refractivity contribution in [2.45, 2.75) is 39.5 Å². The SMILES string of the molecule is CCCCNCC(=O)Nc1ccc(C(C)C)cc1. The van der Waals surface area contributed by atoms with Crippen LogP contribution in [0.25, 0.3) is 0 Å². The summed E-state index contributed by atoms with van der Waals surface area (Å²) in [5, 5.41) is 6.01. The van der Waals surface area contributed by atoms with Crippen molar-refractivity contribution < 1.29 is 4.79 Å². The number of carbonyl (C=O) groups excluding carboxylic acids is 1. The average Bonchev–Trinajstić information content (AvgIpc) is 2.35. The van der Waals surface area contributed by atoms with Crippen molar-refractivity contribution in [3.8, 4) is 0 Å². The van der Waals surface area contributed by atoms with Crippen LogP contribution in [0.4, 0.5) is 5.69 Å². The van der Waals surface area contributed by atoms with Gasteiger partial charge in [0.25, 0.3) is 0 Å². The van der Waals surface area contributed by atoms with Crippen molar-refractivity contribution in [2.24, 2.45) is 0 Å². The summed E-state index contributed by atoms with van der Waals surface area (Å²) in [4.78, 5) is 11.6. The van der Waals surface area contributed by atoms with Crippen LogP contribution in [0.3, 0.4) is 0 Å². The van der Waals surface area contributed by atoms with Gasteiger partial charge in [0.1, 0.15) is 0 Å². The van der Waals surface area contributed by atoms with Crippen LogP contribution in [0.2, 0.25) is 0 Å². The number of rotatable bonds is 7. The fourth-order valence-corrected chi connectivity index (χ4v) is 1.66. The molecule has 0 aliphatic heterocycles. The highest BCUT2D eigenvalue weighted by atomic mass is 16.1. The van der Waals surface area contributed by atoms with Gasteiger partial charge in [0.05, 0.1) is 6.54 Å². The van der Waals surface area contributed by atoms with E-state index in [1.165, 1.54) is 5.56 Å². The molecule has 0 saturated heterocycles. The van der Waals surface area contributed by atoms with Crippen molar-refractivity contribution in [3.05, 3.63) is 29.8 Å². The summed E-state index contributed by atoms with van der Waals surface area (Å²) in [5.74, 6) is 0.536. The maximum atomic E-state index is 11.6. The molecule has 18 heavy (non-hydrogen) atoms. The highest BCUT2D eigenvalue weighted by Crippen LogP contribution is 2.16. The smallest absolute Gasteiger partial charge is 0.238 e. The van der Waals surface area contributed by atoms with E-state index in [1.807, 2.05) is 12.1 Å². The van der Waals surface area contributed by atoms with E-state index in [0.29, 0.717) is 12.5 Å². The Morgan fingerprint density at radius 1 is 1.22 bits per heavy atom. The van der Waals surface area contributed by atoms with Gasteiger partial charge in [0, 0.05) is 5.69 Å². The lowest BCUT2D eigenvalue weighted by Crippen LogP contribution is -2.28. The van der Waals surface area contributed by atoms with Crippen molar-refractivity contribution in [1.82, 2.24) is 5.32 Å². The first kappa shape index (κ1) is 14.7. The predicted molar refractivity (Wildman–Crippen MR) is 76.9 cm³/mol. The largest absolute Gasteiger partial charge is 0.325 e. The number of hydrogen-bond acceptors (Lipinski definition) is 2. The van der Waals surface area contributed by atoms with Crippen LogP contribution >= 0.6 is 0 Å². The molecule has 2 N–H and O–H groups in total. The summed E-state index contributed by atoms with van der Waals surface area (Å²) < 4.78 is 0. The zero-order chi connectivity index (χ0) is 13.4. The molecule has 0 radical (unpaired) electrons. The van der Waals surface area contributed by atoms with Gasteiger partial charge in [-0.3, -0.25) is 4.79 Å². The number of nitrogens with one attached hydrogen (secondary N) is 2. The highest BCUT2D eigenvalue weighted by Gasteiger charge is 2.02. The second kappa shape index (κ2) is 7.88. The molecular weight excluding hydrogens is 224 g/mol. The Morgan fingerprint density at radius 3 is 2.44 bits per heavy atom. The number of carbonyl (C=O) groups is 1. The molecule has 0 aliphatic rings. The van der Waals surface area contributed by atoms with Crippen molar-refractivity contribution in [1.29, 1.82) is 0 Å². The number of anilines is 1. The predicted octanol–water partition coefficient (Wildman–Crippen LogP) is 3.14. The molecule has 1 aromatic rings. The molecule has 0 aliphatic carbocycles. The van der Waals surface area contributed by atoms with Crippen LogP contribution in [0, 0.1) is 0 Å². The normalized spacial score (nSPS) is 10.7. The number of benzene rings is 1. The third-order valence-corrected chi connectivity index (χ3v) is 2.85. The van der Waals surface area contributed by atoms with Crippen LogP contribution in [0.1, 0.15) is 45.1 Å². The first-order valence-electron chi connectivity index (χ1n) is 6.74. The lowest BCUT2D eigenvalue weighted by atomic mass is 10.0. The number of unbranched alkanes of at least 4 members (excludes halogenated alkanes) is 1. The minimum absolute atomic E-state index is 0.0170. The van der Waals surface area contributed by atoms with E-state index in [2.05, 4.69) is 43.5 Å². The van der Waals surface area contributed by atoms with Gasteiger partial charge < -0.3 is 10.6 Å². The first-order chi connectivity index (χ1) is 8.63. The van der Waals surface area contributed by atoms with E-state index >= 15 is 0 Å². The third kappa shape index (κ3) is 5.32. The van der Waals surface area contributed by atoms with E-state index in [1.54, 1.807) is 0 Å². The van der Waals surface area contributed by atoms with Crippen molar-refractivity contribution in [2.75, 3.05) is 18.4 Å². The monoisotopic (exact) mass is 248 g/mol. The van der Waals surface area contributed by atoms with Gasteiger partial charge in [0.15, 0.2) is 0 Å². The van der Waals surface area contributed by atoms with Crippen LogP contribution < -0.4 is 10.6 Å². The maximum absolute atomic E-state index is 11.6. The van der Waals surface area contributed by atoms with E-state index in [-0.39, 0.29) is 5.91 Å². The molecular formula is C15H24N2O.